The van der Waals surface area contributed by atoms with Crippen LogP contribution in [0.1, 0.15) is 11.1 Å². The molecule has 21 heavy (non-hydrogen) atoms. The Bertz CT molecular complexity index is 771. The number of hydrogen-bond acceptors (Lipinski definition) is 6. The monoisotopic (exact) mass is 297 g/mol. The van der Waals surface area contributed by atoms with Gasteiger partial charge in [-0.05, 0) is 29.8 Å². The van der Waals surface area contributed by atoms with Gasteiger partial charge in [-0.2, -0.15) is 5.26 Å². The van der Waals surface area contributed by atoms with E-state index in [0.29, 0.717) is 28.1 Å². The lowest BCUT2D eigenvalue weighted by atomic mass is 10.2. The highest BCUT2D eigenvalue weighted by Gasteiger charge is 2.14. The van der Waals surface area contributed by atoms with Gasteiger partial charge in [-0.25, -0.2) is 4.68 Å². The fraction of sp³-hybridized carbons (Fsp3) is 0.0714. The van der Waals surface area contributed by atoms with E-state index >= 15 is 0 Å². The minimum absolute atomic E-state index is 0.488. The molecule has 7 heteroatoms. The van der Waals surface area contributed by atoms with Gasteiger partial charge >= 0.3 is 0 Å². The van der Waals surface area contributed by atoms with Crippen LogP contribution in [0.25, 0.3) is 11.6 Å². The van der Waals surface area contributed by atoms with Crippen LogP contribution >= 0.6 is 11.8 Å². The third-order valence-electron chi connectivity index (χ3n) is 2.86. The summed E-state index contributed by atoms with van der Waals surface area (Å²) in [5.74, 6) is 7.73. The van der Waals surface area contributed by atoms with Crippen LogP contribution in [0.5, 0.6) is 0 Å². The number of nitrogens with two attached hydrogens (primary N) is 1. The van der Waals surface area contributed by atoms with Crippen molar-refractivity contribution in [3.05, 3.63) is 53.8 Å². The van der Waals surface area contributed by atoms with Gasteiger partial charge in [0.1, 0.15) is 0 Å². The molecule has 0 spiro atoms. The molecule has 0 atom stereocenters. The zero-order chi connectivity index (χ0) is 14.7. The predicted octanol–water partition coefficient (Wildman–Crippen LogP) is 2.42. The predicted molar refractivity (Wildman–Crippen MR) is 78.6 cm³/mol. The Morgan fingerprint density at radius 2 is 2.05 bits per heavy atom. The highest BCUT2D eigenvalue weighted by Crippen LogP contribution is 2.24. The van der Waals surface area contributed by atoms with Crippen molar-refractivity contribution < 1.29 is 4.42 Å². The van der Waals surface area contributed by atoms with Gasteiger partial charge in [0, 0.05) is 5.75 Å². The average Bonchev–Trinajstić information content (AvgIpc) is 3.15. The van der Waals surface area contributed by atoms with Crippen molar-refractivity contribution in [3.63, 3.8) is 0 Å². The number of thioether (sulfide) groups is 1. The first kappa shape index (κ1) is 13.3. The number of nitrogen functional groups attached to an aromatic ring is 1. The Hall–Kier alpha value is -2.72. The lowest BCUT2D eigenvalue weighted by molar-refractivity contribution is 0.574. The van der Waals surface area contributed by atoms with E-state index in [4.69, 9.17) is 15.5 Å². The van der Waals surface area contributed by atoms with E-state index < -0.39 is 0 Å². The van der Waals surface area contributed by atoms with Crippen molar-refractivity contribution in [2.45, 2.75) is 10.9 Å². The highest BCUT2D eigenvalue weighted by molar-refractivity contribution is 7.98. The van der Waals surface area contributed by atoms with Crippen LogP contribution in [0.2, 0.25) is 0 Å². The molecule has 1 aromatic carbocycles. The van der Waals surface area contributed by atoms with E-state index in [-0.39, 0.29) is 0 Å². The molecule has 0 fully saturated rings. The molecule has 2 aromatic heterocycles. The molecule has 0 aliphatic carbocycles. The maximum absolute atomic E-state index is 8.76. The Balaban J connectivity index is 1.72. The number of aromatic nitrogens is 3. The first-order chi connectivity index (χ1) is 10.3. The number of benzene rings is 1. The lowest BCUT2D eigenvalue weighted by Gasteiger charge is -2.02. The molecule has 3 rings (SSSR count). The van der Waals surface area contributed by atoms with Gasteiger partial charge < -0.3 is 10.3 Å². The summed E-state index contributed by atoms with van der Waals surface area (Å²) in [5.41, 5.74) is 1.73. The summed E-state index contributed by atoms with van der Waals surface area (Å²) in [7, 11) is 0. The summed E-state index contributed by atoms with van der Waals surface area (Å²) in [6, 6.07) is 13.0. The smallest absolute Gasteiger partial charge is 0.218 e. The van der Waals surface area contributed by atoms with Crippen LogP contribution in [-0.2, 0) is 5.75 Å². The maximum Gasteiger partial charge on any atom is 0.218 e. The molecule has 0 saturated heterocycles. The number of nitrogens with zero attached hydrogens (tertiary/aromatic N) is 4. The molecule has 2 heterocycles. The third kappa shape index (κ3) is 2.75. The molecule has 0 radical (unpaired) electrons. The quantitative estimate of drug-likeness (QED) is 0.587. The molecule has 0 aliphatic heterocycles. The van der Waals surface area contributed by atoms with Crippen LogP contribution < -0.4 is 5.84 Å². The molecule has 2 N–H and O–H groups in total. The van der Waals surface area contributed by atoms with Crippen molar-refractivity contribution >= 4 is 11.8 Å². The standard InChI is InChI=1S/C14H11N5OS/c15-8-10-3-5-11(6-4-10)9-21-14-18-17-13(19(14)16)12-2-1-7-20-12/h1-7H,9,16H2. The second-order valence-corrected chi connectivity index (χ2v) is 5.19. The van der Waals surface area contributed by atoms with Crippen LogP contribution in [0.4, 0.5) is 0 Å². The Morgan fingerprint density at radius 1 is 1.24 bits per heavy atom. The molecular weight excluding hydrogens is 286 g/mol. The molecule has 104 valence electrons. The number of hydrogen-bond donors (Lipinski definition) is 1. The van der Waals surface area contributed by atoms with Gasteiger partial charge in [0.15, 0.2) is 5.76 Å². The lowest BCUT2D eigenvalue weighted by Crippen LogP contribution is -2.11. The SMILES string of the molecule is N#Cc1ccc(CSc2nnc(-c3ccco3)n2N)cc1. The first-order valence-corrected chi connectivity index (χ1v) is 7.12. The summed E-state index contributed by atoms with van der Waals surface area (Å²) < 4.78 is 6.67. The summed E-state index contributed by atoms with van der Waals surface area (Å²) in [5, 5.41) is 17.5. The van der Waals surface area contributed by atoms with Gasteiger partial charge in [-0.3, -0.25) is 0 Å². The van der Waals surface area contributed by atoms with Crippen LogP contribution in [0, 0.1) is 11.3 Å². The van der Waals surface area contributed by atoms with Crippen molar-refractivity contribution in [1.29, 1.82) is 5.26 Å². The minimum Gasteiger partial charge on any atom is -0.461 e. The zero-order valence-corrected chi connectivity index (χ0v) is 11.7. The van der Waals surface area contributed by atoms with E-state index in [0.717, 1.165) is 5.56 Å². The van der Waals surface area contributed by atoms with Gasteiger partial charge in [0.2, 0.25) is 11.0 Å². The van der Waals surface area contributed by atoms with Crippen LogP contribution in [0.3, 0.4) is 0 Å². The van der Waals surface area contributed by atoms with E-state index in [1.54, 1.807) is 30.5 Å². The second-order valence-electron chi connectivity index (χ2n) is 4.25. The number of nitriles is 1. The Labute approximate surface area is 125 Å². The normalized spacial score (nSPS) is 10.4. The summed E-state index contributed by atoms with van der Waals surface area (Å²) in [6.07, 6.45) is 1.56. The average molecular weight is 297 g/mol. The second kappa shape index (κ2) is 5.73. The van der Waals surface area contributed by atoms with Gasteiger partial charge in [-0.15, -0.1) is 10.2 Å². The first-order valence-electron chi connectivity index (χ1n) is 6.14. The van der Waals surface area contributed by atoms with E-state index in [1.807, 2.05) is 12.1 Å². The number of rotatable bonds is 4. The third-order valence-corrected chi connectivity index (χ3v) is 3.87. The van der Waals surface area contributed by atoms with Gasteiger partial charge in [0.25, 0.3) is 0 Å². The molecule has 0 saturated carbocycles. The molecule has 0 bridgehead atoms. The molecule has 0 aliphatic rings. The molecule has 0 unspecified atom stereocenters. The van der Waals surface area contributed by atoms with Crippen molar-refractivity contribution in [1.82, 2.24) is 14.9 Å². The van der Waals surface area contributed by atoms with Crippen molar-refractivity contribution in [3.8, 4) is 17.7 Å². The minimum atomic E-state index is 0.488. The Kier molecular flexibility index (Phi) is 3.62. The summed E-state index contributed by atoms with van der Waals surface area (Å²) in [6.45, 7) is 0. The molecular formula is C14H11N5OS. The zero-order valence-electron chi connectivity index (χ0n) is 10.9. The van der Waals surface area contributed by atoms with Crippen LogP contribution in [0.15, 0.2) is 52.2 Å². The molecule has 6 nitrogen and oxygen atoms in total. The highest BCUT2D eigenvalue weighted by atomic mass is 32.2. The maximum atomic E-state index is 8.76. The van der Waals surface area contributed by atoms with E-state index in [1.165, 1.54) is 16.4 Å². The molecule has 3 aromatic rings. The Morgan fingerprint density at radius 3 is 2.71 bits per heavy atom. The fourth-order valence-electron chi connectivity index (χ4n) is 1.77. The summed E-state index contributed by atoms with van der Waals surface area (Å²) in [4.78, 5) is 0. The summed E-state index contributed by atoms with van der Waals surface area (Å²) >= 11 is 1.47. The van der Waals surface area contributed by atoms with E-state index in [2.05, 4.69) is 16.3 Å². The van der Waals surface area contributed by atoms with Gasteiger partial charge in [-0.1, -0.05) is 23.9 Å². The fourth-order valence-corrected chi connectivity index (χ4v) is 2.59. The van der Waals surface area contributed by atoms with E-state index in [9.17, 15) is 0 Å². The van der Waals surface area contributed by atoms with Crippen molar-refractivity contribution in [2.75, 3.05) is 5.84 Å². The topological polar surface area (TPSA) is 93.7 Å². The van der Waals surface area contributed by atoms with Crippen LogP contribution in [-0.4, -0.2) is 14.9 Å². The van der Waals surface area contributed by atoms with Gasteiger partial charge in [0.05, 0.1) is 17.9 Å². The van der Waals surface area contributed by atoms with Crippen molar-refractivity contribution in [2.24, 2.45) is 0 Å². The molecule has 0 amide bonds. The largest absolute Gasteiger partial charge is 0.461 e. The number of furan rings is 1.